The van der Waals surface area contributed by atoms with E-state index in [1.165, 1.54) is 10.7 Å². The van der Waals surface area contributed by atoms with Crippen LogP contribution in [0, 0.1) is 12.8 Å². The van der Waals surface area contributed by atoms with Gasteiger partial charge >= 0.3 is 0 Å². The molecular formula is C26H33N5O3S. The minimum Gasteiger partial charge on any atom is -0.349 e. The second-order valence-corrected chi connectivity index (χ2v) is 12.0. The summed E-state index contributed by atoms with van der Waals surface area (Å²) in [6.45, 7) is 5.04. The summed E-state index contributed by atoms with van der Waals surface area (Å²) in [5, 5.41) is 11.7. The lowest BCUT2D eigenvalue weighted by molar-refractivity contribution is 0.0910. The fourth-order valence-electron chi connectivity index (χ4n) is 5.36. The topological polar surface area (TPSA) is 97.2 Å². The Kier molecular flexibility index (Phi) is 6.63. The quantitative estimate of drug-likeness (QED) is 0.575. The number of aromatic nitrogens is 3. The average Bonchev–Trinajstić information content (AvgIpc) is 3.28. The van der Waals surface area contributed by atoms with Crippen LogP contribution in [0.4, 0.5) is 0 Å². The highest BCUT2D eigenvalue weighted by Gasteiger charge is 2.31. The highest BCUT2D eigenvalue weighted by atomic mass is 32.2. The molecule has 3 aromatic rings. The molecule has 2 fully saturated rings. The molecule has 2 aromatic carbocycles. The monoisotopic (exact) mass is 495 g/mol. The number of nitrogens with zero attached hydrogens (tertiary/aromatic N) is 4. The number of nitrogens with one attached hydrogen (secondary N) is 1. The molecule has 8 nitrogen and oxygen atoms in total. The summed E-state index contributed by atoms with van der Waals surface area (Å²) in [6, 6.07) is 12.7. The van der Waals surface area contributed by atoms with Gasteiger partial charge in [-0.2, -0.15) is 4.31 Å². The number of sulfonamides is 1. The number of rotatable bonds is 5. The normalized spacial score (nSPS) is 22.3. The molecule has 0 spiro atoms. The van der Waals surface area contributed by atoms with Gasteiger partial charge in [-0.1, -0.05) is 31.0 Å². The van der Waals surface area contributed by atoms with Gasteiger partial charge in [-0.15, -0.1) is 5.10 Å². The summed E-state index contributed by atoms with van der Waals surface area (Å²) < 4.78 is 30.0. The van der Waals surface area contributed by atoms with Crippen molar-refractivity contribution in [3.63, 3.8) is 0 Å². The lowest BCUT2D eigenvalue weighted by atomic mass is 9.86. The van der Waals surface area contributed by atoms with Gasteiger partial charge in [-0.05, 0) is 80.5 Å². The molecule has 2 heterocycles. The molecule has 1 aliphatic carbocycles. The van der Waals surface area contributed by atoms with E-state index in [4.69, 9.17) is 0 Å². The van der Waals surface area contributed by atoms with E-state index in [1.54, 1.807) is 24.3 Å². The maximum atomic E-state index is 13.3. The van der Waals surface area contributed by atoms with Crippen molar-refractivity contribution >= 4 is 27.0 Å². The Morgan fingerprint density at radius 2 is 1.71 bits per heavy atom. The van der Waals surface area contributed by atoms with Gasteiger partial charge < -0.3 is 5.32 Å². The van der Waals surface area contributed by atoms with Crippen LogP contribution in [-0.2, 0) is 10.0 Å². The van der Waals surface area contributed by atoms with Crippen LogP contribution in [0.1, 0.15) is 67.4 Å². The molecule has 2 atom stereocenters. The largest absolute Gasteiger partial charge is 0.349 e. The van der Waals surface area contributed by atoms with E-state index in [0.717, 1.165) is 35.9 Å². The van der Waals surface area contributed by atoms with E-state index in [0.29, 0.717) is 37.4 Å². The fraction of sp³-hybridized carbons (Fsp3) is 0.500. The van der Waals surface area contributed by atoms with Gasteiger partial charge in [0.2, 0.25) is 10.0 Å². The Morgan fingerprint density at radius 3 is 2.43 bits per heavy atom. The first kappa shape index (κ1) is 23.9. The maximum absolute atomic E-state index is 13.3. The van der Waals surface area contributed by atoms with Crippen LogP contribution in [0.3, 0.4) is 0 Å². The number of aryl methyl sites for hydroxylation is 1. The van der Waals surface area contributed by atoms with Crippen molar-refractivity contribution in [3.8, 4) is 0 Å². The summed E-state index contributed by atoms with van der Waals surface area (Å²) >= 11 is 0. The lowest BCUT2D eigenvalue weighted by Gasteiger charge is -2.31. The zero-order valence-corrected chi connectivity index (χ0v) is 21.2. The van der Waals surface area contributed by atoms with Crippen molar-refractivity contribution in [2.75, 3.05) is 13.1 Å². The Morgan fingerprint density at radius 1 is 1.00 bits per heavy atom. The molecule has 35 heavy (non-hydrogen) atoms. The van der Waals surface area contributed by atoms with Crippen LogP contribution < -0.4 is 5.32 Å². The minimum atomic E-state index is -3.62. The van der Waals surface area contributed by atoms with Gasteiger partial charge in [0.25, 0.3) is 5.91 Å². The van der Waals surface area contributed by atoms with E-state index < -0.39 is 10.0 Å². The first-order valence-corrected chi connectivity index (χ1v) is 14.0. The predicted molar refractivity (Wildman–Crippen MR) is 135 cm³/mol. The SMILES string of the molecule is Cc1ccc2c(c1)nnn2C1CCN(S(=O)(=O)c2ccc(C(=O)NC3CCCCC3C)cc2)CC1. The van der Waals surface area contributed by atoms with Gasteiger partial charge in [-0.3, -0.25) is 4.79 Å². The Labute approximate surface area is 206 Å². The number of carbonyl (C=O) groups excluding carboxylic acids is 1. The molecule has 186 valence electrons. The second kappa shape index (κ2) is 9.70. The van der Waals surface area contributed by atoms with Gasteiger partial charge in [-0.25, -0.2) is 13.1 Å². The number of hydrogen-bond donors (Lipinski definition) is 1. The molecule has 0 radical (unpaired) electrons. The van der Waals surface area contributed by atoms with E-state index >= 15 is 0 Å². The lowest BCUT2D eigenvalue weighted by Crippen LogP contribution is -2.41. The zero-order chi connectivity index (χ0) is 24.6. The third-order valence-corrected chi connectivity index (χ3v) is 9.49. The van der Waals surface area contributed by atoms with Gasteiger partial charge in [0, 0.05) is 24.7 Å². The van der Waals surface area contributed by atoms with Crippen molar-refractivity contribution in [1.82, 2.24) is 24.6 Å². The summed E-state index contributed by atoms with van der Waals surface area (Å²) in [7, 11) is -3.62. The molecule has 1 saturated heterocycles. The molecule has 9 heteroatoms. The molecule has 0 bridgehead atoms. The molecule has 1 amide bonds. The van der Waals surface area contributed by atoms with Crippen LogP contribution >= 0.6 is 0 Å². The van der Waals surface area contributed by atoms with Crippen LogP contribution in [-0.4, -0.2) is 52.8 Å². The summed E-state index contributed by atoms with van der Waals surface area (Å²) in [6.07, 6.45) is 5.82. The van der Waals surface area contributed by atoms with Crippen LogP contribution in [0.5, 0.6) is 0 Å². The number of benzene rings is 2. The third-order valence-electron chi connectivity index (χ3n) is 7.58. The first-order chi connectivity index (χ1) is 16.8. The van der Waals surface area contributed by atoms with E-state index in [9.17, 15) is 13.2 Å². The van der Waals surface area contributed by atoms with E-state index in [2.05, 4.69) is 22.6 Å². The molecule has 2 aliphatic rings. The molecule has 2 unspecified atom stereocenters. The second-order valence-electron chi connectivity index (χ2n) is 10.0. The summed E-state index contributed by atoms with van der Waals surface area (Å²) in [5.74, 6) is 0.332. The molecule has 5 rings (SSSR count). The predicted octanol–water partition coefficient (Wildman–Crippen LogP) is 4.07. The Bertz CT molecular complexity index is 1310. The van der Waals surface area contributed by atoms with Crippen LogP contribution in [0.2, 0.25) is 0 Å². The molecule has 1 N–H and O–H groups in total. The van der Waals surface area contributed by atoms with Crippen molar-refractivity contribution in [1.29, 1.82) is 0 Å². The van der Waals surface area contributed by atoms with Crippen molar-refractivity contribution in [2.24, 2.45) is 5.92 Å². The maximum Gasteiger partial charge on any atom is 0.251 e. The molecule has 1 saturated carbocycles. The molecule has 1 aromatic heterocycles. The highest BCUT2D eigenvalue weighted by Crippen LogP contribution is 2.29. The number of carbonyl (C=O) groups is 1. The summed E-state index contributed by atoms with van der Waals surface area (Å²) in [4.78, 5) is 12.9. The van der Waals surface area contributed by atoms with Crippen molar-refractivity contribution < 1.29 is 13.2 Å². The minimum absolute atomic E-state index is 0.113. The standard InChI is InChI=1S/C26H33N5O3S/c1-18-7-12-25-24(17-18)28-29-31(25)21-13-15-30(16-14-21)35(33,34)22-10-8-20(9-11-22)26(32)27-23-6-4-3-5-19(23)2/h7-12,17,19,21,23H,3-6,13-16H2,1-2H3,(H,27,32). The Hall–Kier alpha value is -2.78. The number of hydrogen-bond acceptors (Lipinski definition) is 5. The number of piperidine rings is 1. The fourth-order valence-corrected chi connectivity index (χ4v) is 6.83. The van der Waals surface area contributed by atoms with E-state index in [-0.39, 0.29) is 22.9 Å². The number of amides is 1. The van der Waals surface area contributed by atoms with Crippen molar-refractivity contribution in [2.45, 2.75) is 69.4 Å². The van der Waals surface area contributed by atoms with Crippen LogP contribution in [0.25, 0.3) is 11.0 Å². The van der Waals surface area contributed by atoms with E-state index in [1.807, 2.05) is 29.8 Å². The first-order valence-electron chi connectivity index (χ1n) is 12.6. The summed E-state index contributed by atoms with van der Waals surface area (Å²) in [5.41, 5.74) is 3.47. The zero-order valence-electron chi connectivity index (χ0n) is 20.4. The average molecular weight is 496 g/mol. The molecule has 1 aliphatic heterocycles. The molecular weight excluding hydrogens is 462 g/mol. The van der Waals surface area contributed by atoms with Gasteiger partial charge in [0.15, 0.2) is 0 Å². The highest BCUT2D eigenvalue weighted by molar-refractivity contribution is 7.89. The third kappa shape index (κ3) is 4.84. The van der Waals surface area contributed by atoms with Crippen molar-refractivity contribution in [3.05, 3.63) is 53.6 Å². The smallest absolute Gasteiger partial charge is 0.251 e. The van der Waals surface area contributed by atoms with Crippen LogP contribution in [0.15, 0.2) is 47.4 Å². The van der Waals surface area contributed by atoms with Gasteiger partial charge in [0.1, 0.15) is 5.52 Å². The Balaban J connectivity index is 1.23. The number of fused-ring (bicyclic) bond motifs is 1. The van der Waals surface area contributed by atoms with Gasteiger partial charge in [0.05, 0.1) is 16.5 Å².